The molecule has 2 fully saturated rings. The zero-order valence-corrected chi connectivity index (χ0v) is 16.7. The Labute approximate surface area is 170 Å². The number of nitriles is 1. The third-order valence-electron chi connectivity index (χ3n) is 5.55. The summed E-state index contributed by atoms with van der Waals surface area (Å²) in [4.78, 5) is 14.0. The van der Waals surface area contributed by atoms with Crippen molar-refractivity contribution < 1.29 is 13.2 Å². The summed E-state index contributed by atoms with van der Waals surface area (Å²) in [6.07, 6.45) is 0.732. The molecule has 2 aliphatic heterocycles. The first-order chi connectivity index (χ1) is 14.0. The van der Waals surface area contributed by atoms with Gasteiger partial charge < -0.3 is 5.32 Å². The standard InChI is InChI=1S/C21H22N4O3S/c22-13-16-1-3-17(4-2-16)18-5-7-20(8-6-18)29(27,28)25-11-9-19(14-25)24-12-10-23-21(26)15-24/h1-8,19H,9-12,14-15H2,(H,23,26). The molecule has 1 N–H and O–H groups in total. The average molecular weight is 410 g/mol. The molecule has 0 spiro atoms. The minimum absolute atomic E-state index is 0.00375. The van der Waals surface area contributed by atoms with Crippen molar-refractivity contribution in [1.82, 2.24) is 14.5 Å². The lowest BCUT2D eigenvalue weighted by Crippen LogP contribution is -2.52. The molecule has 2 aromatic rings. The Morgan fingerprint density at radius 3 is 2.28 bits per heavy atom. The van der Waals surface area contributed by atoms with Gasteiger partial charge in [0.15, 0.2) is 0 Å². The summed E-state index contributed by atoms with van der Waals surface area (Å²) in [7, 11) is -3.57. The molecule has 0 bridgehead atoms. The van der Waals surface area contributed by atoms with Crippen molar-refractivity contribution in [2.24, 2.45) is 0 Å². The van der Waals surface area contributed by atoms with E-state index in [1.54, 1.807) is 36.4 Å². The van der Waals surface area contributed by atoms with Gasteiger partial charge >= 0.3 is 0 Å². The highest BCUT2D eigenvalue weighted by Crippen LogP contribution is 2.26. The number of rotatable bonds is 4. The SMILES string of the molecule is N#Cc1ccc(-c2ccc(S(=O)(=O)N3CCC(N4CCNC(=O)C4)C3)cc2)cc1. The van der Waals surface area contributed by atoms with Crippen molar-refractivity contribution in [3.8, 4) is 17.2 Å². The van der Waals surface area contributed by atoms with E-state index in [2.05, 4.69) is 16.3 Å². The Morgan fingerprint density at radius 1 is 1.00 bits per heavy atom. The molecule has 1 atom stereocenters. The highest BCUT2D eigenvalue weighted by molar-refractivity contribution is 7.89. The van der Waals surface area contributed by atoms with E-state index in [9.17, 15) is 13.2 Å². The van der Waals surface area contributed by atoms with Crippen LogP contribution in [0.1, 0.15) is 12.0 Å². The number of carbonyl (C=O) groups excluding carboxylic acids is 1. The minimum atomic E-state index is -3.57. The number of amides is 1. The van der Waals surface area contributed by atoms with Crippen molar-refractivity contribution in [3.05, 3.63) is 54.1 Å². The summed E-state index contributed by atoms with van der Waals surface area (Å²) in [5.74, 6) is -0.00375. The lowest BCUT2D eigenvalue weighted by molar-refractivity contribution is -0.124. The maximum absolute atomic E-state index is 13.1. The van der Waals surface area contributed by atoms with Crippen LogP contribution in [0.15, 0.2) is 53.4 Å². The predicted octanol–water partition coefficient (Wildman–Crippen LogP) is 1.42. The first-order valence-electron chi connectivity index (χ1n) is 9.59. The lowest BCUT2D eigenvalue weighted by atomic mass is 10.0. The number of benzene rings is 2. The smallest absolute Gasteiger partial charge is 0.243 e. The molecular formula is C21H22N4O3S. The first-order valence-corrected chi connectivity index (χ1v) is 11.0. The van der Waals surface area contributed by atoms with Gasteiger partial charge in [-0.25, -0.2) is 8.42 Å². The van der Waals surface area contributed by atoms with Gasteiger partial charge in [0.25, 0.3) is 0 Å². The third kappa shape index (κ3) is 4.03. The van der Waals surface area contributed by atoms with Crippen LogP contribution in [0.3, 0.4) is 0 Å². The normalized spacial score (nSPS) is 20.9. The van der Waals surface area contributed by atoms with E-state index in [-0.39, 0.29) is 16.8 Å². The number of nitrogens with zero attached hydrogens (tertiary/aromatic N) is 3. The average Bonchev–Trinajstić information content (AvgIpc) is 3.25. The van der Waals surface area contributed by atoms with Crippen LogP contribution < -0.4 is 5.32 Å². The van der Waals surface area contributed by atoms with Crippen LogP contribution in [0, 0.1) is 11.3 Å². The summed E-state index contributed by atoms with van der Waals surface area (Å²) in [5.41, 5.74) is 2.41. The van der Waals surface area contributed by atoms with Gasteiger partial charge in [-0.2, -0.15) is 9.57 Å². The maximum Gasteiger partial charge on any atom is 0.243 e. The van der Waals surface area contributed by atoms with Gasteiger partial charge in [-0.15, -0.1) is 0 Å². The van der Waals surface area contributed by atoms with Gasteiger partial charge in [0.2, 0.25) is 15.9 Å². The monoisotopic (exact) mass is 410 g/mol. The summed E-state index contributed by atoms with van der Waals surface area (Å²) in [5, 5.41) is 11.7. The Bertz CT molecular complexity index is 1040. The third-order valence-corrected chi connectivity index (χ3v) is 7.43. The number of hydrogen-bond acceptors (Lipinski definition) is 5. The van der Waals surface area contributed by atoms with Crippen molar-refractivity contribution in [1.29, 1.82) is 5.26 Å². The number of hydrogen-bond donors (Lipinski definition) is 1. The Morgan fingerprint density at radius 2 is 1.66 bits per heavy atom. The van der Waals surface area contributed by atoms with Crippen LogP contribution >= 0.6 is 0 Å². The molecule has 4 rings (SSSR count). The molecule has 150 valence electrons. The van der Waals surface area contributed by atoms with Crippen LogP contribution in [0.4, 0.5) is 0 Å². The van der Waals surface area contributed by atoms with E-state index in [1.165, 1.54) is 4.31 Å². The zero-order chi connectivity index (χ0) is 20.4. The second-order valence-electron chi connectivity index (χ2n) is 7.34. The molecule has 7 nitrogen and oxygen atoms in total. The highest BCUT2D eigenvalue weighted by Gasteiger charge is 2.36. The van der Waals surface area contributed by atoms with Gasteiger partial charge in [-0.3, -0.25) is 9.69 Å². The molecule has 2 aromatic carbocycles. The summed E-state index contributed by atoms with van der Waals surface area (Å²) in [6.45, 7) is 2.57. The number of carbonyl (C=O) groups is 1. The Hall–Kier alpha value is -2.73. The van der Waals surface area contributed by atoms with E-state index in [1.807, 2.05) is 12.1 Å². The van der Waals surface area contributed by atoms with Crippen LogP contribution in [0.25, 0.3) is 11.1 Å². The van der Waals surface area contributed by atoms with E-state index >= 15 is 0 Å². The van der Waals surface area contributed by atoms with Gasteiger partial charge in [0, 0.05) is 32.2 Å². The molecule has 1 unspecified atom stereocenters. The Kier molecular flexibility index (Phi) is 5.37. The first kappa shape index (κ1) is 19.6. The molecule has 8 heteroatoms. The fourth-order valence-electron chi connectivity index (χ4n) is 3.90. The van der Waals surface area contributed by atoms with Crippen LogP contribution in [0.5, 0.6) is 0 Å². The molecule has 29 heavy (non-hydrogen) atoms. The lowest BCUT2D eigenvalue weighted by Gasteiger charge is -2.31. The number of piperazine rings is 1. The molecule has 0 saturated carbocycles. The molecule has 1 amide bonds. The second kappa shape index (κ2) is 7.95. The van der Waals surface area contributed by atoms with Crippen LogP contribution in [-0.4, -0.2) is 62.3 Å². The summed E-state index contributed by atoms with van der Waals surface area (Å²) in [6, 6.07) is 16.2. The van der Waals surface area contributed by atoms with E-state index < -0.39 is 10.0 Å². The van der Waals surface area contributed by atoms with Gasteiger partial charge in [-0.1, -0.05) is 24.3 Å². The molecule has 0 radical (unpaired) electrons. The molecule has 2 aliphatic rings. The second-order valence-corrected chi connectivity index (χ2v) is 9.28. The van der Waals surface area contributed by atoms with Crippen molar-refractivity contribution >= 4 is 15.9 Å². The van der Waals surface area contributed by atoms with Gasteiger partial charge in [0.05, 0.1) is 23.1 Å². The van der Waals surface area contributed by atoms with Crippen LogP contribution in [0.2, 0.25) is 0 Å². The number of nitrogens with one attached hydrogen (secondary N) is 1. The highest BCUT2D eigenvalue weighted by atomic mass is 32.2. The summed E-state index contributed by atoms with van der Waals surface area (Å²) >= 11 is 0. The summed E-state index contributed by atoms with van der Waals surface area (Å²) < 4.78 is 27.6. The van der Waals surface area contributed by atoms with E-state index in [4.69, 9.17) is 5.26 Å². The number of sulfonamides is 1. The van der Waals surface area contributed by atoms with Gasteiger partial charge in [0.1, 0.15) is 0 Å². The molecule has 2 heterocycles. The molecular weight excluding hydrogens is 388 g/mol. The molecule has 0 aliphatic carbocycles. The van der Waals surface area contributed by atoms with E-state index in [0.717, 1.165) is 24.1 Å². The minimum Gasteiger partial charge on any atom is -0.354 e. The zero-order valence-electron chi connectivity index (χ0n) is 15.9. The van der Waals surface area contributed by atoms with Gasteiger partial charge in [-0.05, 0) is 41.8 Å². The fourth-order valence-corrected chi connectivity index (χ4v) is 5.39. The molecule has 2 saturated heterocycles. The van der Waals surface area contributed by atoms with E-state index in [0.29, 0.717) is 31.7 Å². The van der Waals surface area contributed by atoms with Crippen molar-refractivity contribution in [2.45, 2.75) is 17.4 Å². The van der Waals surface area contributed by atoms with Crippen molar-refractivity contribution in [3.63, 3.8) is 0 Å². The topological polar surface area (TPSA) is 93.5 Å². The molecule has 0 aromatic heterocycles. The van der Waals surface area contributed by atoms with Crippen molar-refractivity contribution in [2.75, 3.05) is 32.7 Å². The fraction of sp³-hybridized carbons (Fsp3) is 0.333. The maximum atomic E-state index is 13.1. The largest absolute Gasteiger partial charge is 0.354 e. The Balaban J connectivity index is 1.47. The quantitative estimate of drug-likeness (QED) is 0.823. The predicted molar refractivity (Wildman–Crippen MR) is 108 cm³/mol. The van der Waals surface area contributed by atoms with Crippen LogP contribution in [-0.2, 0) is 14.8 Å².